The van der Waals surface area contributed by atoms with E-state index >= 15 is 0 Å². The fourth-order valence-electron chi connectivity index (χ4n) is 5.24. The molecule has 1 atom stereocenters. The fourth-order valence-corrected chi connectivity index (χ4v) is 7.14. The maximum atomic E-state index is 12.3. The SMILES string of the molecule is CC(NS(=O)(=O)CC12CC3CC(CC(C3)C1)C2)C(N)=O. The van der Waals surface area contributed by atoms with Crippen LogP contribution in [0.25, 0.3) is 0 Å². The molecule has 0 aliphatic heterocycles. The highest BCUT2D eigenvalue weighted by Gasteiger charge is 2.52. The maximum Gasteiger partial charge on any atom is 0.235 e. The molecule has 4 aliphatic rings. The molecule has 0 aromatic rings. The summed E-state index contributed by atoms with van der Waals surface area (Å²) in [6, 6.07) is -0.825. The highest BCUT2D eigenvalue weighted by molar-refractivity contribution is 7.89. The zero-order chi connectivity index (χ0) is 14.5. The lowest BCUT2D eigenvalue weighted by molar-refractivity contribution is -0.119. The van der Waals surface area contributed by atoms with Crippen molar-refractivity contribution in [3.05, 3.63) is 0 Å². The first-order valence-electron chi connectivity index (χ1n) is 7.56. The molecule has 20 heavy (non-hydrogen) atoms. The number of nitrogens with one attached hydrogen (secondary N) is 1. The molecule has 6 heteroatoms. The lowest BCUT2D eigenvalue weighted by atomic mass is 9.50. The van der Waals surface area contributed by atoms with Gasteiger partial charge in [-0.1, -0.05) is 0 Å². The summed E-state index contributed by atoms with van der Waals surface area (Å²) in [5.74, 6) is 1.72. The minimum atomic E-state index is -3.44. The monoisotopic (exact) mass is 300 g/mol. The summed E-state index contributed by atoms with van der Waals surface area (Å²) in [6.07, 6.45) is 7.03. The van der Waals surface area contributed by atoms with Crippen LogP contribution in [-0.2, 0) is 14.8 Å². The average molecular weight is 300 g/mol. The van der Waals surface area contributed by atoms with Gasteiger partial charge in [-0.3, -0.25) is 4.79 Å². The Hall–Kier alpha value is -0.620. The van der Waals surface area contributed by atoms with Crippen LogP contribution in [0.2, 0.25) is 0 Å². The number of carbonyl (C=O) groups is 1. The van der Waals surface area contributed by atoms with E-state index in [0.29, 0.717) is 0 Å². The zero-order valence-electron chi connectivity index (χ0n) is 12.0. The van der Waals surface area contributed by atoms with E-state index in [1.54, 1.807) is 0 Å². The zero-order valence-corrected chi connectivity index (χ0v) is 12.8. The van der Waals surface area contributed by atoms with Crippen LogP contribution < -0.4 is 10.5 Å². The van der Waals surface area contributed by atoms with Crippen molar-refractivity contribution in [2.24, 2.45) is 28.9 Å². The van der Waals surface area contributed by atoms with Crippen molar-refractivity contribution < 1.29 is 13.2 Å². The largest absolute Gasteiger partial charge is 0.368 e. The van der Waals surface area contributed by atoms with E-state index < -0.39 is 22.0 Å². The van der Waals surface area contributed by atoms with Crippen molar-refractivity contribution in [1.29, 1.82) is 0 Å². The van der Waals surface area contributed by atoms with Gasteiger partial charge in [-0.2, -0.15) is 0 Å². The smallest absolute Gasteiger partial charge is 0.235 e. The molecule has 4 bridgehead atoms. The number of hydrogen-bond donors (Lipinski definition) is 2. The predicted octanol–water partition coefficient (Wildman–Crippen LogP) is 0.996. The normalized spacial score (nSPS) is 40.8. The first-order valence-corrected chi connectivity index (χ1v) is 9.21. The highest BCUT2D eigenvalue weighted by Crippen LogP contribution is 2.60. The van der Waals surface area contributed by atoms with Gasteiger partial charge in [-0.05, 0) is 68.6 Å². The second kappa shape index (κ2) is 4.70. The Morgan fingerprint density at radius 3 is 2.05 bits per heavy atom. The van der Waals surface area contributed by atoms with Crippen LogP contribution in [0.3, 0.4) is 0 Å². The van der Waals surface area contributed by atoms with Gasteiger partial charge < -0.3 is 5.73 Å². The van der Waals surface area contributed by atoms with Gasteiger partial charge in [0.15, 0.2) is 0 Å². The van der Waals surface area contributed by atoms with Crippen LogP contribution in [-0.4, -0.2) is 26.1 Å². The number of rotatable bonds is 5. The average Bonchev–Trinajstić information content (AvgIpc) is 2.23. The first-order chi connectivity index (χ1) is 9.27. The number of primary amides is 1. The van der Waals surface area contributed by atoms with Crippen molar-refractivity contribution in [2.75, 3.05) is 5.75 Å². The van der Waals surface area contributed by atoms with Gasteiger partial charge >= 0.3 is 0 Å². The minimum Gasteiger partial charge on any atom is -0.368 e. The Balaban J connectivity index is 1.72. The Kier molecular flexibility index (Phi) is 3.36. The third-order valence-corrected chi connectivity index (χ3v) is 7.15. The van der Waals surface area contributed by atoms with Crippen LogP contribution in [0.4, 0.5) is 0 Å². The van der Waals surface area contributed by atoms with Crippen molar-refractivity contribution >= 4 is 15.9 Å². The molecule has 0 aromatic heterocycles. The summed E-state index contributed by atoms with van der Waals surface area (Å²) >= 11 is 0. The van der Waals surface area contributed by atoms with Crippen molar-refractivity contribution in [1.82, 2.24) is 4.72 Å². The number of amides is 1. The van der Waals surface area contributed by atoms with Crippen molar-refractivity contribution in [3.8, 4) is 0 Å². The topological polar surface area (TPSA) is 89.3 Å². The van der Waals surface area contributed by atoms with Gasteiger partial charge in [0.05, 0.1) is 11.8 Å². The van der Waals surface area contributed by atoms with Crippen molar-refractivity contribution in [2.45, 2.75) is 51.5 Å². The maximum absolute atomic E-state index is 12.3. The summed E-state index contributed by atoms with van der Waals surface area (Å²) in [7, 11) is -3.44. The van der Waals surface area contributed by atoms with E-state index in [1.165, 1.54) is 26.2 Å². The highest BCUT2D eigenvalue weighted by atomic mass is 32.2. The number of hydrogen-bond acceptors (Lipinski definition) is 3. The van der Waals surface area contributed by atoms with Gasteiger partial charge in [-0.15, -0.1) is 0 Å². The molecule has 0 radical (unpaired) electrons. The Labute approximate surface area is 120 Å². The molecule has 1 unspecified atom stereocenters. The standard InChI is InChI=1S/C14H24N2O3S/c1-9(13(15)17)16-20(18,19)8-14-5-10-2-11(6-14)4-12(3-10)7-14/h9-12,16H,2-8H2,1H3,(H2,15,17). The molecule has 5 nitrogen and oxygen atoms in total. The van der Waals surface area contributed by atoms with E-state index in [-0.39, 0.29) is 11.2 Å². The van der Waals surface area contributed by atoms with E-state index in [9.17, 15) is 13.2 Å². The molecule has 0 spiro atoms. The molecule has 1 amide bonds. The molecule has 114 valence electrons. The molecule has 4 saturated carbocycles. The van der Waals surface area contributed by atoms with Gasteiger partial charge in [-0.25, -0.2) is 13.1 Å². The lowest BCUT2D eigenvalue weighted by Gasteiger charge is -2.56. The van der Waals surface area contributed by atoms with Crippen LogP contribution in [0, 0.1) is 23.2 Å². The molecule has 3 N–H and O–H groups in total. The van der Waals surface area contributed by atoms with Crippen molar-refractivity contribution in [3.63, 3.8) is 0 Å². The molecule has 4 fully saturated rings. The van der Waals surface area contributed by atoms with E-state index in [1.807, 2.05) is 0 Å². The minimum absolute atomic E-state index is 0.0437. The Morgan fingerprint density at radius 1 is 1.20 bits per heavy atom. The molecule has 0 saturated heterocycles. The van der Waals surface area contributed by atoms with Crippen LogP contribution in [0.5, 0.6) is 0 Å². The van der Waals surface area contributed by atoms with Crippen LogP contribution in [0.15, 0.2) is 0 Å². The summed E-state index contributed by atoms with van der Waals surface area (Å²) in [6.45, 7) is 1.50. The van der Waals surface area contributed by atoms with E-state index in [2.05, 4.69) is 4.72 Å². The second-order valence-electron chi connectivity index (χ2n) is 7.42. The summed E-state index contributed by atoms with van der Waals surface area (Å²) < 4.78 is 27.1. The van der Waals surface area contributed by atoms with E-state index in [0.717, 1.165) is 37.0 Å². The Bertz CT molecular complexity index is 479. The quantitative estimate of drug-likeness (QED) is 0.793. The van der Waals surface area contributed by atoms with Gasteiger partial charge in [0, 0.05) is 0 Å². The predicted molar refractivity (Wildman–Crippen MR) is 76.2 cm³/mol. The molecule has 4 rings (SSSR count). The molecular weight excluding hydrogens is 276 g/mol. The third kappa shape index (κ3) is 2.72. The number of carbonyl (C=O) groups excluding carboxylic acids is 1. The summed E-state index contributed by atoms with van der Waals surface area (Å²) in [4.78, 5) is 11.0. The first kappa shape index (κ1) is 14.3. The van der Waals surface area contributed by atoms with Crippen LogP contribution >= 0.6 is 0 Å². The number of nitrogens with two attached hydrogens (primary N) is 1. The summed E-state index contributed by atoms with van der Waals surface area (Å²) in [5, 5.41) is 0. The Morgan fingerprint density at radius 2 is 1.65 bits per heavy atom. The molecule has 0 aromatic carbocycles. The van der Waals surface area contributed by atoms with Gasteiger partial charge in [0.25, 0.3) is 0 Å². The molecule has 4 aliphatic carbocycles. The van der Waals surface area contributed by atoms with E-state index in [4.69, 9.17) is 5.73 Å². The molecular formula is C14H24N2O3S. The van der Waals surface area contributed by atoms with Crippen LogP contribution in [0.1, 0.15) is 45.4 Å². The van der Waals surface area contributed by atoms with Gasteiger partial charge in [0.1, 0.15) is 0 Å². The fraction of sp³-hybridized carbons (Fsp3) is 0.929. The third-order valence-electron chi connectivity index (χ3n) is 5.44. The number of sulfonamides is 1. The molecule has 0 heterocycles. The summed E-state index contributed by atoms with van der Waals surface area (Å²) in [5.41, 5.74) is 5.09. The second-order valence-corrected chi connectivity index (χ2v) is 9.17. The van der Waals surface area contributed by atoms with Gasteiger partial charge in [0.2, 0.25) is 15.9 Å². The lowest BCUT2D eigenvalue weighted by Crippen LogP contribution is -2.52.